The zero-order chi connectivity index (χ0) is 14.3. The number of hydrogen-bond donors (Lipinski definition) is 2. The van der Waals surface area contributed by atoms with Crippen molar-refractivity contribution in [1.82, 2.24) is 4.90 Å². The first-order chi connectivity index (χ1) is 8.11. The van der Waals surface area contributed by atoms with Gasteiger partial charge in [-0.3, -0.25) is 4.79 Å². The third-order valence-electron chi connectivity index (χ3n) is 2.19. The predicted molar refractivity (Wildman–Crippen MR) is 68.3 cm³/mol. The van der Waals surface area contributed by atoms with Gasteiger partial charge in [0.25, 0.3) is 5.97 Å². The van der Waals surface area contributed by atoms with Crippen molar-refractivity contribution in [1.29, 1.82) is 0 Å². The maximum Gasteiger partial charge on any atom is 0.410 e. The number of piperidine rings is 1. The molecule has 1 fully saturated rings. The molecule has 0 saturated carbocycles. The Kier molecular flexibility index (Phi) is 6.68. The maximum atomic E-state index is 11.6. The molecule has 0 aromatic rings. The molecular formula is C12H24N2O4. The highest BCUT2D eigenvalue weighted by Gasteiger charge is 2.25. The molecule has 0 bridgehead atoms. The number of hydrogen-bond acceptors (Lipinski definition) is 4. The van der Waals surface area contributed by atoms with E-state index in [2.05, 4.69) is 0 Å². The molecule has 106 valence electrons. The van der Waals surface area contributed by atoms with E-state index in [1.807, 2.05) is 20.8 Å². The summed E-state index contributed by atoms with van der Waals surface area (Å²) in [6, 6.07) is 0.244. The number of likely N-dealkylation sites (tertiary alicyclic amines) is 1. The Labute approximate surface area is 108 Å². The van der Waals surface area contributed by atoms with Crippen LogP contribution in [0.5, 0.6) is 0 Å². The molecule has 0 aromatic carbocycles. The highest BCUT2D eigenvalue weighted by atomic mass is 16.6. The number of aliphatic carboxylic acids is 1. The van der Waals surface area contributed by atoms with E-state index in [-0.39, 0.29) is 12.1 Å². The lowest BCUT2D eigenvalue weighted by Gasteiger charge is -2.32. The molecule has 6 heteroatoms. The molecule has 0 aliphatic carbocycles. The Morgan fingerprint density at radius 1 is 1.28 bits per heavy atom. The monoisotopic (exact) mass is 260 g/mol. The highest BCUT2D eigenvalue weighted by Crippen LogP contribution is 2.14. The fraction of sp³-hybridized carbons (Fsp3) is 0.833. The Morgan fingerprint density at radius 2 is 1.67 bits per heavy atom. The normalized spacial score (nSPS) is 16.6. The summed E-state index contributed by atoms with van der Waals surface area (Å²) in [7, 11) is 0. The Balaban J connectivity index is 0.000000631. The number of rotatable bonds is 0. The van der Waals surface area contributed by atoms with Gasteiger partial charge in [-0.1, -0.05) is 0 Å². The summed E-state index contributed by atoms with van der Waals surface area (Å²) in [4.78, 5) is 22.3. The van der Waals surface area contributed by atoms with E-state index in [9.17, 15) is 4.79 Å². The molecule has 0 radical (unpaired) electrons. The second kappa shape index (κ2) is 7.20. The van der Waals surface area contributed by atoms with Crippen molar-refractivity contribution in [3.63, 3.8) is 0 Å². The summed E-state index contributed by atoms with van der Waals surface area (Å²) >= 11 is 0. The van der Waals surface area contributed by atoms with E-state index in [0.29, 0.717) is 0 Å². The number of carboxylic acids is 1. The number of amides is 1. The lowest BCUT2D eigenvalue weighted by Crippen LogP contribution is -2.44. The van der Waals surface area contributed by atoms with Gasteiger partial charge in [-0.05, 0) is 33.6 Å². The molecule has 0 unspecified atom stereocenters. The van der Waals surface area contributed by atoms with Crippen LogP contribution in [-0.2, 0) is 9.53 Å². The van der Waals surface area contributed by atoms with E-state index >= 15 is 0 Å². The number of nitrogens with two attached hydrogens (primary N) is 1. The van der Waals surface area contributed by atoms with E-state index in [4.69, 9.17) is 20.4 Å². The van der Waals surface area contributed by atoms with Gasteiger partial charge in [0.1, 0.15) is 5.60 Å². The first-order valence-electron chi connectivity index (χ1n) is 6.05. The van der Waals surface area contributed by atoms with Crippen molar-refractivity contribution in [2.24, 2.45) is 5.73 Å². The number of ether oxygens (including phenoxy) is 1. The smallest absolute Gasteiger partial charge is 0.410 e. The molecule has 18 heavy (non-hydrogen) atoms. The summed E-state index contributed by atoms with van der Waals surface area (Å²) in [5.41, 5.74) is 5.34. The van der Waals surface area contributed by atoms with Crippen molar-refractivity contribution >= 4 is 12.1 Å². The average molecular weight is 260 g/mol. The molecule has 0 spiro atoms. The van der Waals surface area contributed by atoms with Crippen LogP contribution in [-0.4, -0.2) is 46.8 Å². The summed E-state index contributed by atoms with van der Waals surface area (Å²) in [5.74, 6) is -0.833. The van der Waals surface area contributed by atoms with Gasteiger partial charge in [0.05, 0.1) is 0 Å². The maximum absolute atomic E-state index is 11.6. The molecule has 1 saturated heterocycles. The lowest BCUT2D eigenvalue weighted by molar-refractivity contribution is -0.134. The minimum atomic E-state index is -0.833. The lowest BCUT2D eigenvalue weighted by atomic mass is 10.1. The summed E-state index contributed by atoms with van der Waals surface area (Å²) in [6.07, 6.45) is 1.53. The molecular weight excluding hydrogens is 236 g/mol. The SMILES string of the molecule is CC(=O)O.CC(C)(C)OC(=O)N1CCC(N)CC1. The van der Waals surface area contributed by atoms with Crippen LogP contribution in [0.4, 0.5) is 4.79 Å². The quantitative estimate of drug-likeness (QED) is 0.687. The van der Waals surface area contributed by atoms with Crippen molar-refractivity contribution in [2.45, 2.75) is 52.2 Å². The van der Waals surface area contributed by atoms with Gasteiger partial charge < -0.3 is 20.5 Å². The second-order valence-electron chi connectivity index (χ2n) is 5.32. The van der Waals surface area contributed by atoms with Gasteiger partial charge in [-0.25, -0.2) is 4.79 Å². The first kappa shape index (κ1) is 16.7. The topological polar surface area (TPSA) is 92.9 Å². The summed E-state index contributed by atoms with van der Waals surface area (Å²) in [5, 5.41) is 7.42. The van der Waals surface area contributed by atoms with Crippen LogP contribution in [0.25, 0.3) is 0 Å². The Bertz CT molecular complexity index is 274. The molecule has 3 N–H and O–H groups in total. The van der Waals surface area contributed by atoms with Crippen LogP contribution in [0.2, 0.25) is 0 Å². The zero-order valence-corrected chi connectivity index (χ0v) is 11.6. The number of carbonyl (C=O) groups is 2. The average Bonchev–Trinajstić information content (AvgIpc) is 2.14. The largest absolute Gasteiger partial charge is 0.481 e. The summed E-state index contributed by atoms with van der Waals surface area (Å²) in [6.45, 7) is 8.15. The molecule has 1 heterocycles. The fourth-order valence-electron chi connectivity index (χ4n) is 1.41. The number of nitrogens with zero attached hydrogens (tertiary/aromatic N) is 1. The third-order valence-corrected chi connectivity index (χ3v) is 2.19. The van der Waals surface area contributed by atoms with Crippen LogP contribution >= 0.6 is 0 Å². The van der Waals surface area contributed by atoms with Gasteiger partial charge >= 0.3 is 6.09 Å². The Morgan fingerprint density at radius 3 is 2.00 bits per heavy atom. The van der Waals surface area contributed by atoms with Crippen molar-refractivity contribution < 1.29 is 19.4 Å². The highest BCUT2D eigenvalue weighted by molar-refractivity contribution is 5.68. The van der Waals surface area contributed by atoms with Crippen molar-refractivity contribution in [3.8, 4) is 0 Å². The van der Waals surface area contributed by atoms with Gasteiger partial charge in [-0.15, -0.1) is 0 Å². The minimum absolute atomic E-state index is 0.218. The molecule has 0 atom stereocenters. The standard InChI is InChI=1S/C10H20N2O2.C2H4O2/c1-10(2,3)14-9(13)12-6-4-8(11)5-7-12;1-2(3)4/h8H,4-7,11H2,1-3H3;1H3,(H,3,4). The first-order valence-corrected chi connectivity index (χ1v) is 6.05. The zero-order valence-electron chi connectivity index (χ0n) is 11.6. The van der Waals surface area contributed by atoms with Crippen molar-refractivity contribution in [3.05, 3.63) is 0 Å². The van der Waals surface area contributed by atoms with E-state index in [1.54, 1.807) is 4.90 Å². The van der Waals surface area contributed by atoms with Crippen LogP contribution in [0.3, 0.4) is 0 Å². The van der Waals surface area contributed by atoms with Crippen molar-refractivity contribution in [2.75, 3.05) is 13.1 Å². The van der Waals surface area contributed by atoms with Crippen LogP contribution in [0, 0.1) is 0 Å². The van der Waals surface area contributed by atoms with Gasteiger partial charge in [-0.2, -0.15) is 0 Å². The second-order valence-corrected chi connectivity index (χ2v) is 5.32. The molecule has 1 rings (SSSR count). The van der Waals surface area contributed by atoms with Gasteiger partial charge in [0.2, 0.25) is 0 Å². The minimum Gasteiger partial charge on any atom is -0.481 e. The van der Waals surface area contributed by atoms with Crippen LogP contribution < -0.4 is 5.73 Å². The Hall–Kier alpha value is -1.30. The molecule has 6 nitrogen and oxygen atoms in total. The number of carbonyl (C=O) groups excluding carboxylic acids is 1. The molecule has 1 amide bonds. The predicted octanol–water partition coefficient (Wildman–Crippen LogP) is 1.44. The molecule has 0 aromatic heterocycles. The number of carboxylic acid groups (broad SMARTS) is 1. The van der Waals surface area contributed by atoms with Crippen LogP contribution in [0.15, 0.2) is 0 Å². The third kappa shape index (κ3) is 8.81. The van der Waals surface area contributed by atoms with E-state index in [1.165, 1.54) is 0 Å². The molecule has 1 aliphatic heterocycles. The molecule has 1 aliphatic rings. The van der Waals surface area contributed by atoms with Gasteiger partial charge in [0.15, 0.2) is 0 Å². The summed E-state index contributed by atoms with van der Waals surface area (Å²) < 4.78 is 5.26. The van der Waals surface area contributed by atoms with Crippen LogP contribution in [0.1, 0.15) is 40.5 Å². The van der Waals surface area contributed by atoms with E-state index < -0.39 is 11.6 Å². The van der Waals surface area contributed by atoms with E-state index in [0.717, 1.165) is 32.9 Å². The fourth-order valence-corrected chi connectivity index (χ4v) is 1.41. The van der Waals surface area contributed by atoms with Gasteiger partial charge in [0, 0.05) is 26.1 Å².